The molecule has 1 aromatic heterocycles. The fourth-order valence-electron chi connectivity index (χ4n) is 3.82. The van der Waals surface area contributed by atoms with E-state index in [-0.39, 0.29) is 11.9 Å². The van der Waals surface area contributed by atoms with Crippen LogP contribution >= 0.6 is 11.3 Å². The topological polar surface area (TPSA) is 46.6 Å². The molecule has 0 N–H and O–H groups in total. The van der Waals surface area contributed by atoms with Gasteiger partial charge in [0.25, 0.3) is 5.91 Å². The van der Waals surface area contributed by atoms with E-state index in [1.54, 1.807) is 11.8 Å². The highest BCUT2D eigenvalue weighted by Crippen LogP contribution is 2.31. The Labute approximate surface area is 157 Å². The third-order valence-corrected chi connectivity index (χ3v) is 6.45. The molecule has 1 aliphatic heterocycles. The normalized spacial score (nSPS) is 17.2. The van der Waals surface area contributed by atoms with Gasteiger partial charge in [0.15, 0.2) is 6.10 Å². The van der Waals surface area contributed by atoms with Gasteiger partial charge in [-0.05, 0) is 62.3 Å². The first kappa shape index (κ1) is 17.3. The number of carbonyl (C=O) groups excluding carboxylic acids is 2. The summed E-state index contributed by atoms with van der Waals surface area (Å²) in [7, 11) is 0. The van der Waals surface area contributed by atoms with Crippen LogP contribution in [-0.4, -0.2) is 24.5 Å². The number of aryl methyl sites for hydroxylation is 2. The molecule has 0 radical (unpaired) electrons. The number of thiophene rings is 1. The van der Waals surface area contributed by atoms with Crippen molar-refractivity contribution < 1.29 is 14.3 Å². The van der Waals surface area contributed by atoms with Crippen molar-refractivity contribution in [3.63, 3.8) is 0 Å². The highest BCUT2D eigenvalue weighted by atomic mass is 32.1. The lowest BCUT2D eigenvalue weighted by atomic mass is 10.1. The number of hydrogen-bond donors (Lipinski definition) is 0. The summed E-state index contributed by atoms with van der Waals surface area (Å²) < 4.78 is 5.51. The summed E-state index contributed by atoms with van der Waals surface area (Å²) in [5.41, 5.74) is 3.39. The average molecular weight is 369 g/mol. The summed E-state index contributed by atoms with van der Waals surface area (Å²) in [5.74, 6) is -0.530. The second-order valence-electron chi connectivity index (χ2n) is 7.04. The molecule has 1 aliphatic carbocycles. The number of benzene rings is 1. The Kier molecular flexibility index (Phi) is 4.81. The molecule has 1 amide bonds. The summed E-state index contributed by atoms with van der Waals surface area (Å²) in [4.78, 5) is 29.0. The Balaban J connectivity index is 1.44. The van der Waals surface area contributed by atoms with Gasteiger partial charge in [-0.25, -0.2) is 4.79 Å². The number of para-hydroxylation sites is 1. The summed E-state index contributed by atoms with van der Waals surface area (Å²) in [5, 5.41) is 0. The van der Waals surface area contributed by atoms with Crippen molar-refractivity contribution >= 4 is 28.9 Å². The standard InChI is InChI=1S/C21H23NO3S/c1-14(20(23)22-12-11-15-7-5-6-9-17(15)22)25-21(24)19-13-16-8-3-2-4-10-18(16)26-19/h5-7,9,13-14H,2-4,8,10-12H2,1H3/t14-/m0/s1. The van der Waals surface area contributed by atoms with Gasteiger partial charge in [-0.3, -0.25) is 4.79 Å². The molecule has 1 aromatic carbocycles. The SMILES string of the molecule is C[C@H](OC(=O)c1cc2c(s1)CCCCC2)C(=O)N1CCc2ccccc21. The Bertz CT molecular complexity index is 818. The van der Waals surface area contributed by atoms with E-state index >= 15 is 0 Å². The number of carbonyl (C=O) groups is 2. The van der Waals surface area contributed by atoms with Gasteiger partial charge in [-0.2, -0.15) is 0 Å². The van der Waals surface area contributed by atoms with Crippen LogP contribution in [0.3, 0.4) is 0 Å². The first-order valence-corrected chi connectivity index (χ1v) is 10.2. The highest BCUT2D eigenvalue weighted by Gasteiger charge is 2.30. The predicted molar refractivity (Wildman–Crippen MR) is 103 cm³/mol. The molecular formula is C21H23NO3S. The average Bonchev–Trinajstić information content (AvgIpc) is 3.19. The van der Waals surface area contributed by atoms with Crippen LogP contribution in [0.4, 0.5) is 5.69 Å². The smallest absolute Gasteiger partial charge is 0.349 e. The minimum Gasteiger partial charge on any atom is -0.448 e. The summed E-state index contributed by atoms with van der Waals surface area (Å²) in [6.07, 6.45) is 5.78. The van der Waals surface area contributed by atoms with Crippen molar-refractivity contribution in [2.45, 2.75) is 51.6 Å². The molecule has 2 heterocycles. The van der Waals surface area contributed by atoms with E-state index in [9.17, 15) is 9.59 Å². The quantitative estimate of drug-likeness (QED) is 0.603. The first-order valence-electron chi connectivity index (χ1n) is 9.35. The molecule has 1 atom stereocenters. The van der Waals surface area contributed by atoms with Gasteiger partial charge in [-0.1, -0.05) is 24.6 Å². The van der Waals surface area contributed by atoms with E-state index in [4.69, 9.17) is 4.74 Å². The molecule has 0 saturated heterocycles. The Morgan fingerprint density at radius 3 is 2.77 bits per heavy atom. The van der Waals surface area contributed by atoms with Gasteiger partial charge in [0, 0.05) is 17.1 Å². The molecule has 26 heavy (non-hydrogen) atoms. The maximum Gasteiger partial charge on any atom is 0.349 e. The maximum absolute atomic E-state index is 12.8. The minimum absolute atomic E-state index is 0.151. The third-order valence-electron chi connectivity index (χ3n) is 5.23. The molecule has 2 aromatic rings. The number of rotatable bonds is 3. The summed E-state index contributed by atoms with van der Waals surface area (Å²) >= 11 is 1.53. The van der Waals surface area contributed by atoms with Crippen LogP contribution < -0.4 is 4.90 Å². The minimum atomic E-state index is -0.782. The van der Waals surface area contributed by atoms with Gasteiger partial charge < -0.3 is 9.64 Å². The number of anilines is 1. The Hall–Kier alpha value is -2.14. The lowest BCUT2D eigenvalue weighted by Gasteiger charge is -2.21. The molecule has 0 fully saturated rings. The van der Waals surface area contributed by atoms with Crippen LogP contribution in [0, 0.1) is 0 Å². The lowest BCUT2D eigenvalue weighted by molar-refractivity contribution is -0.126. The van der Waals surface area contributed by atoms with E-state index in [2.05, 4.69) is 0 Å². The van der Waals surface area contributed by atoms with E-state index in [1.165, 1.54) is 46.6 Å². The zero-order chi connectivity index (χ0) is 18.1. The van der Waals surface area contributed by atoms with Crippen LogP contribution in [0.5, 0.6) is 0 Å². The second-order valence-corrected chi connectivity index (χ2v) is 8.17. The van der Waals surface area contributed by atoms with Crippen molar-refractivity contribution in [1.82, 2.24) is 0 Å². The molecule has 5 heteroatoms. The Morgan fingerprint density at radius 2 is 1.88 bits per heavy atom. The van der Waals surface area contributed by atoms with Crippen LogP contribution in [0.1, 0.15) is 51.9 Å². The second kappa shape index (κ2) is 7.23. The van der Waals surface area contributed by atoms with Gasteiger partial charge in [0.1, 0.15) is 4.88 Å². The maximum atomic E-state index is 12.8. The number of esters is 1. The van der Waals surface area contributed by atoms with Crippen molar-refractivity contribution in [1.29, 1.82) is 0 Å². The van der Waals surface area contributed by atoms with Gasteiger partial charge in [0.05, 0.1) is 0 Å². The van der Waals surface area contributed by atoms with Crippen LogP contribution in [0.25, 0.3) is 0 Å². The molecule has 2 aliphatic rings. The molecule has 4 rings (SSSR count). The molecule has 4 nitrogen and oxygen atoms in total. The van der Waals surface area contributed by atoms with Crippen molar-refractivity contribution in [3.8, 4) is 0 Å². The van der Waals surface area contributed by atoms with Crippen LogP contribution in [0.2, 0.25) is 0 Å². The van der Waals surface area contributed by atoms with Crippen LogP contribution in [0.15, 0.2) is 30.3 Å². The molecule has 0 spiro atoms. The van der Waals surface area contributed by atoms with E-state index in [0.29, 0.717) is 11.4 Å². The number of amides is 1. The molecule has 136 valence electrons. The summed E-state index contributed by atoms with van der Waals surface area (Å²) in [6.45, 7) is 2.31. The largest absolute Gasteiger partial charge is 0.448 e. The molecular weight excluding hydrogens is 346 g/mol. The number of nitrogens with zero attached hydrogens (tertiary/aromatic N) is 1. The van der Waals surface area contributed by atoms with Crippen molar-refractivity contribution in [2.75, 3.05) is 11.4 Å². The summed E-state index contributed by atoms with van der Waals surface area (Å²) in [6, 6.07) is 9.87. The number of hydrogen-bond acceptors (Lipinski definition) is 4. The first-order chi connectivity index (χ1) is 12.6. The predicted octanol–water partition coefficient (Wildman–Crippen LogP) is 4.15. The third kappa shape index (κ3) is 3.28. The molecule has 0 saturated carbocycles. The van der Waals surface area contributed by atoms with Crippen molar-refractivity contribution in [2.24, 2.45) is 0 Å². The molecule has 0 bridgehead atoms. The van der Waals surface area contributed by atoms with E-state index in [0.717, 1.165) is 24.9 Å². The Morgan fingerprint density at radius 1 is 1.08 bits per heavy atom. The molecule has 0 unspecified atom stereocenters. The number of fused-ring (bicyclic) bond motifs is 2. The van der Waals surface area contributed by atoms with Crippen molar-refractivity contribution in [3.05, 3.63) is 51.2 Å². The highest BCUT2D eigenvalue weighted by molar-refractivity contribution is 7.14. The zero-order valence-electron chi connectivity index (χ0n) is 15.0. The number of ether oxygens (including phenoxy) is 1. The fraction of sp³-hybridized carbons (Fsp3) is 0.429. The van der Waals surface area contributed by atoms with Gasteiger partial charge >= 0.3 is 5.97 Å². The van der Waals surface area contributed by atoms with Gasteiger partial charge in [-0.15, -0.1) is 11.3 Å². The monoisotopic (exact) mass is 369 g/mol. The van der Waals surface area contributed by atoms with Crippen LogP contribution in [-0.2, 0) is 28.8 Å². The van der Waals surface area contributed by atoms with E-state index in [1.807, 2.05) is 30.3 Å². The van der Waals surface area contributed by atoms with Gasteiger partial charge in [0.2, 0.25) is 0 Å². The zero-order valence-corrected chi connectivity index (χ0v) is 15.8. The lowest BCUT2D eigenvalue weighted by Crippen LogP contribution is -2.39. The van der Waals surface area contributed by atoms with E-state index < -0.39 is 6.10 Å². The fourth-order valence-corrected chi connectivity index (χ4v) is 4.96.